The van der Waals surface area contributed by atoms with Gasteiger partial charge in [-0.15, -0.1) is 0 Å². The Bertz CT molecular complexity index is 1220. The SMILES string of the molecule is CCOC(=O)C1CCN(C(=O)C(=O)Nc2c3c(nn2-c2cccc(Cl)c2)CS(=O)(=O)C3)CC1. The number of nitrogens with one attached hydrogen (secondary N) is 1. The van der Waals surface area contributed by atoms with Crippen molar-refractivity contribution in [2.24, 2.45) is 5.92 Å². The van der Waals surface area contributed by atoms with Crippen LogP contribution in [-0.2, 0) is 40.5 Å². The smallest absolute Gasteiger partial charge is 0.315 e. The van der Waals surface area contributed by atoms with Crippen LogP contribution in [0.15, 0.2) is 24.3 Å². The lowest BCUT2D eigenvalue weighted by atomic mass is 9.97. The van der Waals surface area contributed by atoms with Crippen molar-refractivity contribution in [2.75, 3.05) is 25.0 Å². The summed E-state index contributed by atoms with van der Waals surface area (Å²) in [6.07, 6.45) is 0.817. The summed E-state index contributed by atoms with van der Waals surface area (Å²) in [6.45, 7) is 2.52. The van der Waals surface area contributed by atoms with Gasteiger partial charge in [0.05, 0.1) is 35.4 Å². The number of sulfone groups is 1. The van der Waals surface area contributed by atoms with Crippen molar-refractivity contribution in [1.82, 2.24) is 14.7 Å². The molecular formula is C21H23ClN4O6S. The molecule has 33 heavy (non-hydrogen) atoms. The number of piperidine rings is 1. The van der Waals surface area contributed by atoms with Crippen molar-refractivity contribution in [1.29, 1.82) is 0 Å². The molecule has 0 unspecified atom stereocenters. The molecular weight excluding hydrogens is 472 g/mol. The van der Waals surface area contributed by atoms with Crippen molar-refractivity contribution < 1.29 is 27.5 Å². The quantitative estimate of drug-likeness (QED) is 0.506. The number of aromatic nitrogens is 2. The molecule has 12 heteroatoms. The second-order valence-corrected chi connectivity index (χ2v) is 10.5. The van der Waals surface area contributed by atoms with Crippen molar-refractivity contribution in [3.63, 3.8) is 0 Å². The lowest BCUT2D eigenvalue weighted by Gasteiger charge is -2.30. The molecule has 1 fully saturated rings. The maximum atomic E-state index is 12.8. The fourth-order valence-corrected chi connectivity index (χ4v) is 5.73. The normalized spacial score (nSPS) is 17.5. The van der Waals surface area contributed by atoms with Crippen LogP contribution in [0.2, 0.25) is 5.02 Å². The molecule has 0 radical (unpaired) electrons. The van der Waals surface area contributed by atoms with E-state index in [0.29, 0.717) is 41.4 Å². The van der Waals surface area contributed by atoms with Gasteiger partial charge in [-0.3, -0.25) is 14.4 Å². The Labute approximate surface area is 195 Å². The Morgan fingerprint density at radius 1 is 1.21 bits per heavy atom. The maximum absolute atomic E-state index is 12.8. The minimum absolute atomic E-state index is 0.133. The van der Waals surface area contributed by atoms with Gasteiger partial charge in [-0.25, -0.2) is 13.1 Å². The van der Waals surface area contributed by atoms with Gasteiger partial charge in [0.25, 0.3) is 0 Å². The van der Waals surface area contributed by atoms with E-state index in [4.69, 9.17) is 16.3 Å². The molecule has 1 saturated heterocycles. The number of fused-ring (bicyclic) bond motifs is 1. The van der Waals surface area contributed by atoms with Crippen LogP contribution in [0.5, 0.6) is 0 Å². The number of anilines is 1. The fraction of sp³-hybridized carbons (Fsp3) is 0.429. The number of rotatable bonds is 4. The maximum Gasteiger partial charge on any atom is 0.315 e. The number of nitrogens with zero attached hydrogens (tertiary/aromatic N) is 3. The summed E-state index contributed by atoms with van der Waals surface area (Å²) in [5, 5.41) is 7.36. The van der Waals surface area contributed by atoms with E-state index in [-0.39, 0.29) is 42.3 Å². The summed E-state index contributed by atoms with van der Waals surface area (Å²) >= 11 is 6.08. The molecule has 1 aromatic carbocycles. The van der Waals surface area contributed by atoms with E-state index in [2.05, 4.69) is 10.4 Å². The first kappa shape index (κ1) is 23.2. The molecule has 0 saturated carbocycles. The number of likely N-dealkylation sites (tertiary alicyclic amines) is 1. The van der Waals surface area contributed by atoms with Gasteiger partial charge in [0.1, 0.15) is 5.82 Å². The fourth-order valence-electron chi connectivity index (χ4n) is 4.05. The predicted octanol–water partition coefficient (Wildman–Crippen LogP) is 1.69. The van der Waals surface area contributed by atoms with E-state index in [1.54, 1.807) is 31.2 Å². The van der Waals surface area contributed by atoms with E-state index < -0.39 is 21.7 Å². The summed E-state index contributed by atoms with van der Waals surface area (Å²) in [6, 6.07) is 6.70. The Morgan fingerprint density at radius 3 is 2.61 bits per heavy atom. The molecule has 0 atom stereocenters. The van der Waals surface area contributed by atoms with Crippen LogP contribution < -0.4 is 5.32 Å². The summed E-state index contributed by atoms with van der Waals surface area (Å²) in [4.78, 5) is 38.9. The molecule has 2 aliphatic heterocycles. The molecule has 10 nitrogen and oxygen atoms in total. The van der Waals surface area contributed by atoms with Gasteiger partial charge < -0.3 is 15.0 Å². The van der Waals surface area contributed by atoms with E-state index in [1.165, 1.54) is 9.58 Å². The highest BCUT2D eigenvalue weighted by Crippen LogP contribution is 2.33. The first-order valence-electron chi connectivity index (χ1n) is 10.5. The number of carbonyl (C=O) groups excluding carboxylic acids is 3. The molecule has 3 heterocycles. The van der Waals surface area contributed by atoms with Gasteiger partial charge in [0.15, 0.2) is 9.84 Å². The molecule has 176 valence electrons. The number of halogens is 1. The van der Waals surface area contributed by atoms with Crippen molar-refractivity contribution in [3.8, 4) is 5.69 Å². The summed E-state index contributed by atoms with van der Waals surface area (Å²) in [7, 11) is -3.38. The second-order valence-electron chi connectivity index (χ2n) is 7.97. The molecule has 4 rings (SSSR count). The third-order valence-corrected chi connectivity index (χ3v) is 7.35. The molecule has 2 amide bonds. The Hall–Kier alpha value is -2.92. The highest BCUT2D eigenvalue weighted by molar-refractivity contribution is 7.90. The summed E-state index contributed by atoms with van der Waals surface area (Å²) in [5.41, 5.74) is 1.21. The standard InChI is InChI=1S/C21H23ClN4O6S/c1-2-32-21(29)13-6-8-25(9-7-13)20(28)19(27)23-18-16-11-33(30,31)12-17(16)24-26(18)15-5-3-4-14(22)10-15/h3-5,10,13H,2,6-9,11-12H2,1H3,(H,23,27). The first-order chi connectivity index (χ1) is 15.7. The van der Waals surface area contributed by atoms with Crippen LogP contribution >= 0.6 is 11.6 Å². The molecule has 0 bridgehead atoms. The summed E-state index contributed by atoms with van der Waals surface area (Å²) in [5.74, 6) is -2.64. The molecule has 2 aliphatic rings. The van der Waals surface area contributed by atoms with E-state index in [1.807, 2.05) is 0 Å². The number of carbonyl (C=O) groups is 3. The molecule has 1 aromatic heterocycles. The zero-order valence-corrected chi connectivity index (χ0v) is 19.5. The number of esters is 1. The zero-order chi connectivity index (χ0) is 23.8. The highest BCUT2D eigenvalue weighted by Gasteiger charge is 2.35. The Kier molecular flexibility index (Phi) is 6.44. The third-order valence-electron chi connectivity index (χ3n) is 5.67. The highest BCUT2D eigenvalue weighted by atomic mass is 35.5. The van der Waals surface area contributed by atoms with Crippen LogP contribution in [0, 0.1) is 5.92 Å². The van der Waals surface area contributed by atoms with Crippen LogP contribution in [0.3, 0.4) is 0 Å². The lowest BCUT2D eigenvalue weighted by Crippen LogP contribution is -2.45. The second kappa shape index (κ2) is 9.14. The monoisotopic (exact) mass is 494 g/mol. The predicted molar refractivity (Wildman–Crippen MR) is 119 cm³/mol. The molecule has 0 spiro atoms. The Morgan fingerprint density at radius 2 is 1.94 bits per heavy atom. The molecule has 2 aromatic rings. The van der Waals surface area contributed by atoms with Crippen molar-refractivity contribution >= 4 is 45.0 Å². The van der Waals surface area contributed by atoms with Gasteiger partial charge in [0, 0.05) is 23.7 Å². The Balaban J connectivity index is 1.53. The van der Waals surface area contributed by atoms with Gasteiger partial charge in [-0.1, -0.05) is 17.7 Å². The number of ether oxygens (including phenoxy) is 1. The number of amides is 2. The van der Waals surface area contributed by atoms with Crippen LogP contribution in [0.25, 0.3) is 5.69 Å². The van der Waals surface area contributed by atoms with Crippen LogP contribution in [0.1, 0.15) is 31.0 Å². The van der Waals surface area contributed by atoms with Crippen molar-refractivity contribution in [3.05, 3.63) is 40.5 Å². The topological polar surface area (TPSA) is 128 Å². The lowest BCUT2D eigenvalue weighted by molar-refractivity contribution is -0.152. The average molecular weight is 495 g/mol. The number of benzene rings is 1. The zero-order valence-electron chi connectivity index (χ0n) is 17.9. The average Bonchev–Trinajstić information content (AvgIpc) is 3.25. The number of hydrogen-bond donors (Lipinski definition) is 1. The largest absolute Gasteiger partial charge is 0.466 e. The molecule has 0 aliphatic carbocycles. The minimum atomic E-state index is -3.38. The minimum Gasteiger partial charge on any atom is -0.466 e. The molecule has 1 N–H and O–H groups in total. The van der Waals surface area contributed by atoms with Gasteiger partial charge in [-0.2, -0.15) is 5.10 Å². The van der Waals surface area contributed by atoms with Gasteiger partial charge >= 0.3 is 17.8 Å². The van der Waals surface area contributed by atoms with Crippen LogP contribution in [0.4, 0.5) is 5.82 Å². The number of hydrogen-bond acceptors (Lipinski definition) is 7. The van der Waals surface area contributed by atoms with Gasteiger partial charge in [0.2, 0.25) is 0 Å². The van der Waals surface area contributed by atoms with E-state index >= 15 is 0 Å². The van der Waals surface area contributed by atoms with Gasteiger partial charge in [-0.05, 0) is 38.0 Å². The third kappa shape index (κ3) is 4.88. The first-order valence-corrected chi connectivity index (χ1v) is 12.7. The van der Waals surface area contributed by atoms with Crippen LogP contribution in [-0.4, -0.2) is 60.6 Å². The van der Waals surface area contributed by atoms with Crippen molar-refractivity contribution in [2.45, 2.75) is 31.3 Å². The van der Waals surface area contributed by atoms with E-state index in [0.717, 1.165) is 0 Å². The summed E-state index contributed by atoms with van der Waals surface area (Å²) < 4.78 is 30.6. The van der Waals surface area contributed by atoms with E-state index in [9.17, 15) is 22.8 Å².